The second-order valence-corrected chi connectivity index (χ2v) is 12.2. The Hall–Kier alpha value is -6.72. The second kappa shape index (κ2) is 10.9. The van der Waals surface area contributed by atoms with E-state index in [4.69, 9.17) is 8.83 Å². The molecule has 0 radical (unpaired) electrons. The Morgan fingerprint density at radius 1 is 0.408 bits per heavy atom. The topological polar surface area (TPSA) is 55.3 Å². The minimum atomic E-state index is 0.799. The van der Waals surface area contributed by atoms with Crippen LogP contribution in [0.15, 0.2) is 173 Å². The first-order valence-electron chi connectivity index (χ1n) is 16.3. The molecule has 0 spiro atoms. The summed E-state index contributed by atoms with van der Waals surface area (Å²) < 4.78 is 12.6. The monoisotopic (exact) mass is 629 g/mol. The largest absolute Gasteiger partial charge is 0.454 e. The molecule has 4 aromatic heterocycles. The van der Waals surface area contributed by atoms with Crippen molar-refractivity contribution in [2.45, 2.75) is 0 Å². The van der Waals surface area contributed by atoms with Crippen LogP contribution in [-0.2, 0) is 0 Å². The van der Waals surface area contributed by atoms with Crippen LogP contribution in [0.4, 0.5) is 17.1 Å². The number of furan rings is 2. The van der Waals surface area contributed by atoms with Crippen molar-refractivity contribution in [1.29, 1.82) is 0 Å². The van der Waals surface area contributed by atoms with Crippen LogP contribution in [0.3, 0.4) is 0 Å². The summed E-state index contributed by atoms with van der Waals surface area (Å²) in [6.07, 6.45) is 3.72. The lowest BCUT2D eigenvalue weighted by molar-refractivity contribution is 0.669. The summed E-state index contributed by atoms with van der Waals surface area (Å²) in [6.45, 7) is 0. The van der Waals surface area contributed by atoms with Gasteiger partial charge in [0.05, 0.1) is 5.69 Å². The first kappa shape index (κ1) is 27.4. The third-order valence-electron chi connectivity index (χ3n) is 9.40. The van der Waals surface area contributed by atoms with Gasteiger partial charge in [-0.15, -0.1) is 0 Å². The van der Waals surface area contributed by atoms with E-state index in [1.54, 1.807) is 0 Å². The van der Waals surface area contributed by atoms with Gasteiger partial charge in [-0.3, -0.25) is 9.97 Å². The van der Waals surface area contributed by atoms with Crippen LogP contribution < -0.4 is 4.90 Å². The minimum absolute atomic E-state index is 0.799. The van der Waals surface area contributed by atoms with Gasteiger partial charge < -0.3 is 13.7 Å². The van der Waals surface area contributed by atoms with Crippen LogP contribution in [-0.4, -0.2) is 9.97 Å². The third-order valence-corrected chi connectivity index (χ3v) is 9.40. The number of fused-ring (bicyclic) bond motifs is 7. The number of para-hydroxylation sites is 2. The maximum absolute atomic E-state index is 6.31. The van der Waals surface area contributed by atoms with Gasteiger partial charge in [0, 0.05) is 51.1 Å². The lowest BCUT2D eigenvalue weighted by atomic mass is 10.0. The highest BCUT2D eigenvalue weighted by Crippen LogP contribution is 2.42. The van der Waals surface area contributed by atoms with Gasteiger partial charge in [0.2, 0.25) is 0 Å². The van der Waals surface area contributed by atoms with E-state index >= 15 is 0 Å². The average Bonchev–Trinajstić information content (AvgIpc) is 3.75. The van der Waals surface area contributed by atoms with Crippen molar-refractivity contribution in [2.75, 3.05) is 4.90 Å². The Labute approximate surface area is 281 Å². The fraction of sp³-hybridized carbons (Fsp3) is 0. The Morgan fingerprint density at radius 3 is 1.43 bits per heavy atom. The highest BCUT2D eigenvalue weighted by atomic mass is 16.3. The summed E-state index contributed by atoms with van der Waals surface area (Å²) in [5.41, 5.74) is 12.4. The maximum Gasteiger partial charge on any atom is 0.161 e. The predicted octanol–water partition coefficient (Wildman–Crippen LogP) is 12.2. The number of pyridine rings is 2. The van der Waals surface area contributed by atoms with E-state index in [0.717, 1.165) is 83.5 Å². The van der Waals surface area contributed by atoms with E-state index in [-0.39, 0.29) is 0 Å². The Bertz CT molecular complexity index is 2670. The molecule has 230 valence electrons. The summed E-state index contributed by atoms with van der Waals surface area (Å²) >= 11 is 0. The molecule has 5 heteroatoms. The van der Waals surface area contributed by atoms with Gasteiger partial charge in [-0.05, 0) is 83.2 Å². The Balaban J connectivity index is 1.09. The quantitative estimate of drug-likeness (QED) is 0.190. The van der Waals surface area contributed by atoms with Crippen molar-refractivity contribution in [2.24, 2.45) is 0 Å². The van der Waals surface area contributed by atoms with Gasteiger partial charge in [0.15, 0.2) is 11.2 Å². The number of anilines is 3. The SMILES string of the molecule is c1ccc2c(N(c3ccc(-c4ccnc5c4oc4ccccc45)cc3)c3ccc(-c4ccnc5c4oc4ccccc45)cc3)cccc2c1. The molecule has 10 aromatic rings. The molecule has 0 aliphatic heterocycles. The number of rotatable bonds is 5. The lowest BCUT2D eigenvalue weighted by Crippen LogP contribution is -2.10. The standard InChI is InChI=1S/C44H27N3O2/c1-2-10-33-28(8-1)9-7-13-38(33)47(31-20-16-29(17-21-31)34-24-26-45-41-36-11-3-5-14-39(36)48-43(34)41)32-22-18-30(19-23-32)35-25-27-46-42-37-12-4-6-15-40(37)49-44(35)42/h1-27H. The zero-order valence-corrected chi connectivity index (χ0v) is 26.2. The highest BCUT2D eigenvalue weighted by Gasteiger charge is 2.19. The molecular weight excluding hydrogens is 603 g/mol. The average molecular weight is 630 g/mol. The minimum Gasteiger partial charge on any atom is -0.454 e. The predicted molar refractivity (Wildman–Crippen MR) is 200 cm³/mol. The van der Waals surface area contributed by atoms with Gasteiger partial charge in [-0.25, -0.2) is 0 Å². The zero-order valence-electron chi connectivity index (χ0n) is 26.2. The number of nitrogens with zero attached hydrogens (tertiary/aromatic N) is 3. The maximum atomic E-state index is 6.31. The van der Waals surface area contributed by atoms with E-state index in [9.17, 15) is 0 Å². The molecule has 0 fully saturated rings. The van der Waals surface area contributed by atoms with Crippen molar-refractivity contribution in [3.05, 3.63) is 164 Å². The first-order chi connectivity index (χ1) is 24.3. The van der Waals surface area contributed by atoms with Crippen LogP contribution in [0.25, 0.3) is 77.2 Å². The summed E-state index contributed by atoms with van der Waals surface area (Å²) in [6, 6.07) is 52.6. The van der Waals surface area contributed by atoms with Crippen molar-refractivity contribution in [3.63, 3.8) is 0 Å². The number of hydrogen-bond acceptors (Lipinski definition) is 5. The molecule has 0 aliphatic carbocycles. The summed E-state index contributed by atoms with van der Waals surface area (Å²) in [4.78, 5) is 11.6. The van der Waals surface area contributed by atoms with Gasteiger partial charge in [-0.2, -0.15) is 0 Å². The van der Waals surface area contributed by atoms with Crippen molar-refractivity contribution in [1.82, 2.24) is 9.97 Å². The van der Waals surface area contributed by atoms with Gasteiger partial charge in [0.25, 0.3) is 0 Å². The summed E-state index contributed by atoms with van der Waals surface area (Å²) in [5.74, 6) is 0. The van der Waals surface area contributed by atoms with Crippen molar-refractivity contribution in [3.8, 4) is 22.3 Å². The molecule has 0 saturated carbocycles. The Kier molecular flexibility index (Phi) is 6.11. The number of benzene rings is 6. The number of hydrogen-bond donors (Lipinski definition) is 0. The lowest BCUT2D eigenvalue weighted by Gasteiger charge is -2.27. The zero-order chi connectivity index (χ0) is 32.3. The van der Waals surface area contributed by atoms with Crippen LogP contribution >= 0.6 is 0 Å². The van der Waals surface area contributed by atoms with Crippen molar-refractivity contribution < 1.29 is 8.83 Å². The van der Waals surface area contributed by atoms with E-state index in [2.05, 4.69) is 118 Å². The number of aromatic nitrogens is 2. The molecule has 4 heterocycles. The molecule has 0 aliphatic rings. The molecule has 0 amide bonds. The van der Waals surface area contributed by atoms with Gasteiger partial charge >= 0.3 is 0 Å². The third kappa shape index (κ3) is 4.40. The smallest absolute Gasteiger partial charge is 0.161 e. The molecule has 49 heavy (non-hydrogen) atoms. The first-order valence-corrected chi connectivity index (χ1v) is 16.3. The normalized spacial score (nSPS) is 11.7. The molecule has 0 N–H and O–H groups in total. The van der Waals surface area contributed by atoms with Crippen LogP contribution in [0, 0.1) is 0 Å². The molecule has 0 bridgehead atoms. The van der Waals surface area contributed by atoms with Crippen LogP contribution in [0.1, 0.15) is 0 Å². The molecule has 0 saturated heterocycles. The fourth-order valence-corrected chi connectivity index (χ4v) is 7.07. The molecule has 5 nitrogen and oxygen atoms in total. The molecule has 0 atom stereocenters. The van der Waals surface area contributed by atoms with E-state index < -0.39 is 0 Å². The molecular formula is C44H27N3O2. The molecule has 0 unspecified atom stereocenters. The molecule has 6 aromatic carbocycles. The van der Waals surface area contributed by atoms with E-state index in [1.165, 1.54) is 10.8 Å². The van der Waals surface area contributed by atoms with E-state index in [1.807, 2.05) is 60.9 Å². The van der Waals surface area contributed by atoms with Crippen LogP contribution in [0.2, 0.25) is 0 Å². The van der Waals surface area contributed by atoms with Crippen LogP contribution in [0.5, 0.6) is 0 Å². The van der Waals surface area contributed by atoms with Gasteiger partial charge in [0.1, 0.15) is 22.2 Å². The van der Waals surface area contributed by atoms with Crippen molar-refractivity contribution >= 4 is 72.0 Å². The molecule has 10 rings (SSSR count). The van der Waals surface area contributed by atoms with E-state index in [0.29, 0.717) is 0 Å². The highest BCUT2D eigenvalue weighted by molar-refractivity contribution is 6.08. The fourth-order valence-electron chi connectivity index (χ4n) is 7.07. The summed E-state index contributed by atoms with van der Waals surface area (Å²) in [5, 5.41) is 4.41. The Morgan fingerprint density at radius 2 is 0.878 bits per heavy atom. The second-order valence-electron chi connectivity index (χ2n) is 12.2. The van der Waals surface area contributed by atoms with Gasteiger partial charge in [-0.1, -0.05) is 84.9 Å². The summed E-state index contributed by atoms with van der Waals surface area (Å²) in [7, 11) is 0.